The molecule has 0 radical (unpaired) electrons. The highest BCUT2D eigenvalue weighted by molar-refractivity contribution is 5.72. The fourth-order valence-electron chi connectivity index (χ4n) is 1.91. The molecule has 0 saturated carbocycles. The molecule has 1 aromatic carbocycles. The Morgan fingerprint density at radius 3 is 2.21 bits per heavy atom. The van der Waals surface area contributed by atoms with Gasteiger partial charge in [0, 0.05) is 18.8 Å². The number of nitrogens with zero attached hydrogens (tertiary/aromatic N) is 1. The molecule has 1 aromatic heterocycles. The standard InChI is InChI=1S/C14H13F3N2/c1-9-12(7-19-8-13(9)18-2)10-3-5-11(6-4-10)14(15,16)17/h3-8,18H,1-2H3. The second-order valence-electron chi connectivity index (χ2n) is 4.18. The molecule has 5 heteroatoms. The largest absolute Gasteiger partial charge is 0.416 e. The maximum atomic E-state index is 12.5. The van der Waals surface area contributed by atoms with Crippen LogP contribution in [0.15, 0.2) is 36.7 Å². The summed E-state index contributed by atoms with van der Waals surface area (Å²) in [5, 5.41) is 3.00. The Bertz CT molecular complexity index is 574. The second-order valence-corrected chi connectivity index (χ2v) is 4.18. The van der Waals surface area contributed by atoms with Crippen LogP contribution in [-0.4, -0.2) is 12.0 Å². The molecule has 1 N–H and O–H groups in total. The van der Waals surface area contributed by atoms with Crippen LogP contribution < -0.4 is 5.32 Å². The zero-order valence-electron chi connectivity index (χ0n) is 10.5. The highest BCUT2D eigenvalue weighted by Crippen LogP contribution is 2.32. The van der Waals surface area contributed by atoms with E-state index in [0.29, 0.717) is 0 Å². The molecule has 0 saturated heterocycles. The third-order valence-electron chi connectivity index (χ3n) is 3.01. The summed E-state index contributed by atoms with van der Waals surface area (Å²) < 4.78 is 37.5. The van der Waals surface area contributed by atoms with Crippen molar-refractivity contribution in [1.29, 1.82) is 0 Å². The zero-order chi connectivity index (χ0) is 14.0. The van der Waals surface area contributed by atoms with Crippen molar-refractivity contribution in [3.05, 3.63) is 47.8 Å². The van der Waals surface area contributed by atoms with E-state index in [9.17, 15) is 13.2 Å². The molecule has 0 aliphatic heterocycles. The predicted molar refractivity (Wildman–Crippen MR) is 69.0 cm³/mol. The molecular formula is C14H13F3N2. The smallest absolute Gasteiger partial charge is 0.387 e. The first kappa shape index (κ1) is 13.4. The van der Waals surface area contributed by atoms with Gasteiger partial charge in [-0.1, -0.05) is 12.1 Å². The van der Waals surface area contributed by atoms with Gasteiger partial charge >= 0.3 is 6.18 Å². The SMILES string of the molecule is CNc1cncc(-c2ccc(C(F)(F)F)cc2)c1C. The molecule has 2 aromatic rings. The Hall–Kier alpha value is -2.04. The van der Waals surface area contributed by atoms with E-state index in [-0.39, 0.29) is 0 Å². The predicted octanol–water partition coefficient (Wildman–Crippen LogP) is 4.12. The summed E-state index contributed by atoms with van der Waals surface area (Å²) in [6.07, 6.45) is -0.972. The fraction of sp³-hybridized carbons (Fsp3) is 0.214. The van der Waals surface area contributed by atoms with E-state index in [2.05, 4.69) is 10.3 Å². The topological polar surface area (TPSA) is 24.9 Å². The Kier molecular flexibility index (Phi) is 3.46. The van der Waals surface area contributed by atoms with Gasteiger partial charge in [-0.3, -0.25) is 4.98 Å². The van der Waals surface area contributed by atoms with Gasteiger partial charge in [0.05, 0.1) is 17.4 Å². The summed E-state index contributed by atoms with van der Waals surface area (Å²) in [6.45, 7) is 1.90. The van der Waals surface area contributed by atoms with E-state index in [4.69, 9.17) is 0 Å². The summed E-state index contributed by atoms with van der Waals surface area (Å²) in [7, 11) is 1.78. The minimum atomic E-state index is -4.31. The summed E-state index contributed by atoms with van der Waals surface area (Å²) in [5.74, 6) is 0. The summed E-state index contributed by atoms with van der Waals surface area (Å²) in [6, 6.07) is 5.10. The first-order valence-corrected chi connectivity index (χ1v) is 5.73. The molecule has 0 spiro atoms. The third kappa shape index (κ3) is 2.70. The molecule has 0 bridgehead atoms. The van der Waals surface area contributed by atoms with Crippen LogP contribution >= 0.6 is 0 Å². The molecule has 0 fully saturated rings. The molecule has 100 valence electrons. The van der Waals surface area contributed by atoms with Crippen LogP contribution in [0.3, 0.4) is 0 Å². The summed E-state index contributed by atoms with van der Waals surface area (Å²) in [4.78, 5) is 4.08. The average Bonchev–Trinajstić information content (AvgIpc) is 2.38. The van der Waals surface area contributed by atoms with Gasteiger partial charge in [0.2, 0.25) is 0 Å². The van der Waals surface area contributed by atoms with Crippen molar-refractivity contribution in [1.82, 2.24) is 4.98 Å². The molecule has 1 heterocycles. The monoisotopic (exact) mass is 266 g/mol. The number of halogens is 3. The van der Waals surface area contributed by atoms with Gasteiger partial charge in [-0.25, -0.2) is 0 Å². The molecular weight excluding hydrogens is 253 g/mol. The second kappa shape index (κ2) is 4.91. The third-order valence-corrected chi connectivity index (χ3v) is 3.01. The number of anilines is 1. The number of hydrogen-bond donors (Lipinski definition) is 1. The van der Waals surface area contributed by atoms with Crippen LogP contribution in [0.1, 0.15) is 11.1 Å². The van der Waals surface area contributed by atoms with E-state index in [1.54, 1.807) is 19.4 Å². The van der Waals surface area contributed by atoms with Crippen LogP contribution in [0, 0.1) is 6.92 Å². The Balaban J connectivity index is 2.43. The first-order valence-electron chi connectivity index (χ1n) is 5.73. The number of alkyl halides is 3. The average molecular weight is 266 g/mol. The number of nitrogens with one attached hydrogen (secondary N) is 1. The zero-order valence-corrected chi connectivity index (χ0v) is 10.5. The minimum absolute atomic E-state index is 0.647. The Morgan fingerprint density at radius 1 is 1.05 bits per heavy atom. The first-order chi connectivity index (χ1) is 8.93. The van der Waals surface area contributed by atoms with Crippen LogP contribution in [0.25, 0.3) is 11.1 Å². The Morgan fingerprint density at radius 2 is 1.68 bits per heavy atom. The molecule has 2 rings (SSSR count). The van der Waals surface area contributed by atoms with Gasteiger partial charge < -0.3 is 5.32 Å². The maximum Gasteiger partial charge on any atom is 0.416 e. The van der Waals surface area contributed by atoms with Crippen LogP contribution in [0.2, 0.25) is 0 Å². The van der Waals surface area contributed by atoms with Crippen molar-refractivity contribution in [2.75, 3.05) is 12.4 Å². The van der Waals surface area contributed by atoms with Gasteiger partial charge in [-0.15, -0.1) is 0 Å². The van der Waals surface area contributed by atoms with Crippen LogP contribution in [0.4, 0.5) is 18.9 Å². The van der Waals surface area contributed by atoms with E-state index in [1.807, 2.05) is 6.92 Å². The lowest BCUT2D eigenvalue weighted by Gasteiger charge is -2.11. The summed E-state index contributed by atoms with van der Waals surface area (Å²) in [5.41, 5.74) is 2.71. The summed E-state index contributed by atoms with van der Waals surface area (Å²) >= 11 is 0. The molecule has 2 nitrogen and oxygen atoms in total. The van der Waals surface area contributed by atoms with Gasteiger partial charge in [0.1, 0.15) is 0 Å². The van der Waals surface area contributed by atoms with Gasteiger partial charge in [0.15, 0.2) is 0 Å². The number of aromatic nitrogens is 1. The van der Waals surface area contributed by atoms with Crippen molar-refractivity contribution in [3.8, 4) is 11.1 Å². The molecule has 0 aliphatic rings. The van der Waals surface area contributed by atoms with Crippen molar-refractivity contribution in [3.63, 3.8) is 0 Å². The van der Waals surface area contributed by atoms with Crippen LogP contribution in [0.5, 0.6) is 0 Å². The number of pyridine rings is 1. The highest BCUT2D eigenvalue weighted by atomic mass is 19.4. The molecule has 0 amide bonds. The normalized spacial score (nSPS) is 11.4. The minimum Gasteiger partial charge on any atom is -0.387 e. The highest BCUT2D eigenvalue weighted by Gasteiger charge is 2.30. The van der Waals surface area contributed by atoms with Gasteiger partial charge in [0.25, 0.3) is 0 Å². The van der Waals surface area contributed by atoms with E-state index < -0.39 is 11.7 Å². The maximum absolute atomic E-state index is 12.5. The number of benzene rings is 1. The molecule has 0 aliphatic carbocycles. The quantitative estimate of drug-likeness (QED) is 0.884. The van der Waals surface area contributed by atoms with Crippen LogP contribution in [-0.2, 0) is 6.18 Å². The lowest BCUT2D eigenvalue weighted by molar-refractivity contribution is -0.137. The number of hydrogen-bond acceptors (Lipinski definition) is 2. The van der Waals surface area contributed by atoms with Gasteiger partial charge in [-0.05, 0) is 30.2 Å². The van der Waals surface area contributed by atoms with E-state index >= 15 is 0 Å². The molecule has 0 atom stereocenters. The molecule has 0 unspecified atom stereocenters. The van der Waals surface area contributed by atoms with E-state index in [0.717, 1.165) is 34.5 Å². The van der Waals surface area contributed by atoms with Crippen molar-refractivity contribution in [2.24, 2.45) is 0 Å². The molecule has 19 heavy (non-hydrogen) atoms. The van der Waals surface area contributed by atoms with Crippen molar-refractivity contribution < 1.29 is 13.2 Å². The Labute approximate surface area is 109 Å². The lowest BCUT2D eigenvalue weighted by atomic mass is 10.0. The van der Waals surface area contributed by atoms with Gasteiger partial charge in [-0.2, -0.15) is 13.2 Å². The lowest BCUT2D eigenvalue weighted by Crippen LogP contribution is -2.04. The van der Waals surface area contributed by atoms with Crippen molar-refractivity contribution in [2.45, 2.75) is 13.1 Å². The fourth-order valence-corrected chi connectivity index (χ4v) is 1.91. The number of rotatable bonds is 2. The van der Waals surface area contributed by atoms with E-state index in [1.165, 1.54) is 12.1 Å². The van der Waals surface area contributed by atoms with Crippen molar-refractivity contribution >= 4 is 5.69 Å².